The number of benzene rings is 1. The lowest BCUT2D eigenvalue weighted by Crippen LogP contribution is -2.37. The van der Waals surface area contributed by atoms with Gasteiger partial charge in [-0.2, -0.15) is 0 Å². The van der Waals surface area contributed by atoms with Crippen LogP contribution in [0.25, 0.3) is 0 Å². The van der Waals surface area contributed by atoms with E-state index < -0.39 is 17.9 Å². The minimum atomic E-state index is -0.792. The van der Waals surface area contributed by atoms with E-state index in [2.05, 4.69) is 10.2 Å². The Hall–Kier alpha value is -2.37. The third kappa shape index (κ3) is 3.54. The van der Waals surface area contributed by atoms with Gasteiger partial charge in [0.25, 0.3) is 11.8 Å². The molecule has 19 heavy (non-hydrogen) atoms. The molecule has 1 fully saturated rings. The summed E-state index contributed by atoms with van der Waals surface area (Å²) in [6, 6.07) is 9.63. The van der Waals surface area contributed by atoms with E-state index in [0.717, 1.165) is 5.56 Å². The normalized spacial score (nSPS) is 14.6. The minimum absolute atomic E-state index is 0.0934. The van der Waals surface area contributed by atoms with Crippen molar-refractivity contribution in [1.82, 2.24) is 10.4 Å². The molecule has 0 bridgehead atoms. The molecule has 1 saturated heterocycles. The number of hydrogen-bond donors (Lipinski definition) is 1. The molecule has 0 atom stereocenters. The van der Waals surface area contributed by atoms with Crippen LogP contribution in [0.15, 0.2) is 30.3 Å². The highest BCUT2D eigenvalue weighted by Gasteiger charge is 2.32. The maximum atomic E-state index is 11.4. The maximum Gasteiger partial charge on any atom is 0.432 e. The molecule has 3 amide bonds. The van der Waals surface area contributed by atoms with E-state index in [9.17, 15) is 14.4 Å². The summed E-state index contributed by atoms with van der Waals surface area (Å²) in [5.74, 6) is -0.966. The van der Waals surface area contributed by atoms with Crippen LogP contribution in [0.1, 0.15) is 18.4 Å². The van der Waals surface area contributed by atoms with Crippen LogP contribution < -0.4 is 5.32 Å². The molecule has 0 saturated carbocycles. The predicted octanol–water partition coefficient (Wildman–Crippen LogP) is 1.02. The van der Waals surface area contributed by atoms with Gasteiger partial charge in [-0.3, -0.25) is 9.59 Å². The second-order valence-electron chi connectivity index (χ2n) is 4.12. The minimum Gasteiger partial charge on any atom is -0.319 e. The van der Waals surface area contributed by atoms with E-state index in [0.29, 0.717) is 18.0 Å². The number of nitrogens with one attached hydrogen (secondary N) is 1. The topological polar surface area (TPSA) is 75.7 Å². The molecule has 1 N–H and O–H groups in total. The number of carbonyl (C=O) groups excluding carboxylic acids is 3. The van der Waals surface area contributed by atoms with Crippen molar-refractivity contribution in [3.63, 3.8) is 0 Å². The zero-order chi connectivity index (χ0) is 13.7. The maximum absolute atomic E-state index is 11.4. The Balaban J connectivity index is 1.73. The summed E-state index contributed by atoms with van der Waals surface area (Å²) >= 11 is 0. The van der Waals surface area contributed by atoms with E-state index in [4.69, 9.17) is 0 Å². The Morgan fingerprint density at radius 3 is 2.42 bits per heavy atom. The van der Waals surface area contributed by atoms with E-state index >= 15 is 0 Å². The van der Waals surface area contributed by atoms with Crippen LogP contribution in [0.5, 0.6) is 0 Å². The van der Waals surface area contributed by atoms with Crippen molar-refractivity contribution in [2.45, 2.75) is 19.3 Å². The van der Waals surface area contributed by atoms with Crippen LogP contribution in [-0.4, -0.2) is 29.5 Å². The molecule has 0 radical (unpaired) electrons. The summed E-state index contributed by atoms with van der Waals surface area (Å²) in [6.45, 7) is 0.374. The average Bonchev–Trinajstić information content (AvgIpc) is 2.72. The molecule has 1 aliphatic rings. The fourth-order valence-electron chi connectivity index (χ4n) is 1.73. The monoisotopic (exact) mass is 262 g/mol. The fraction of sp³-hybridized carbons (Fsp3) is 0.308. The Kier molecular flexibility index (Phi) is 4.12. The summed E-state index contributed by atoms with van der Waals surface area (Å²) < 4.78 is 0. The molecule has 0 unspecified atom stereocenters. The third-order valence-corrected chi connectivity index (χ3v) is 2.71. The number of amides is 3. The van der Waals surface area contributed by atoms with Gasteiger partial charge in [0.05, 0.1) is 0 Å². The molecule has 6 heteroatoms. The number of imide groups is 1. The molecular formula is C13H14N2O4. The molecule has 6 nitrogen and oxygen atoms in total. The molecule has 0 aromatic heterocycles. The Bertz CT molecular complexity index is 471. The second-order valence-corrected chi connectivity index (χ2v) is 4.12. The van der Waals surface area contributed by atoms with Crippen LogP contribution in [0, 0.1) is 0 Å². The van der Waals surface area contributed by atoms with Gasteiger partial charge in [0.1, 0.15) is 0 Å². The lowest BCUT2D eigenvalue weighted by Gasteiger charge is -2.13. The first kappa shape index (κ1) is 13.1. The zero-order valence-corrected chi connectivity index (χ0v) is 10.3. The van der Waals surface area contributed by atoms with E-state index in [1.165, 1.54) is 0 Å². The van der Waals surface area contributed by atoms with Gasteiger partial charge in [-0.1, -0.05) is 30.3 Å². The predicted molar refractivity (Wildman–Crippen MR) is 65.7 cm³/mol. The first-order valence-corrected chi connectivity index (χ1v) is 6.02. The van der Waals surface area contributed by atoms with Gasteiger partial charge in [-0.05, 0) is 12.0 Å². The van der Waals surface area contributed by atoms with Crippen molar-refractivity contribution in [2.75, 3.05) is 6.54 Å². The molecule has 1 aromatic carbocycles. The standard InChI is InChI=1S/C13H14N2O4/c16-11-6-7-12(17)15(11)19-13(18)14-9-8-10-4-2-1-3-5-10/h1-5H,6-9H2,(H,14,18). The van der Waals surface area contributed by atoms with Gasteiger partial charge in [0, 0.05) is 19.4 Å². The Morgan fingerprint density at radius 1 is 1.16 bits per heavy atom. The highest BCUT2D eigenvalue weighted by Crippen LogP contribution is 2.11. The number of hydrogen-bond acceptors (Lipinski definition) is 4. The molecule has 2 rings (SSSR count). The van der Waals surface area contributed by atoms with Crippen LogP contribution in [-0.2, 0) is 20.8 Å². The van der Waals surface area contributed by atoms with Crippen LogP contribution >= 0.6 is 0 Å². The first-order valence-electron chi connectivity index (χ1n) is 6.02. The van der Waals surface area contributed by atoms with Gasteiger partial charge in [0.2, 0.25) is 0 Å². The lowest BCUT2D eigenvalue weighted by molar-refractivity contribution is -0.171. The summed E-state index contributed by atoms with van der Waals surface area (Å²) in [4.78, 5) is 38.5. The highest BCUT2D eigenvalue weighted by molar-refractivity contribution is 6.01. The van der Waals surface area contributed by atoms with E-state index in [-0.39, 0.29) is 12.8 Å². The zero-order valence-electron chi connectivity index (χ0n) is 10.3. The number of hydroxylamine groups is 2. The van der Waals surface area contributed by atoms with Gasteiger partial charge < -0.3 is 10.2 Å². The molecule has 0 spiro atoms. The summed E-state index contributed by atoms with van der Waals surface area (Å²) in [5.41, 5.74) is 1.08. The number of rotatable bonds is 4. The molecule has 100 valence electrons. The molecule has 1 aliphatic heterocycles. The highest BCUT2D eigenvalue weighted by atomic mass is 16.7. The smallest absolute Gasteiger partial charge is 0.319 e. The van der Waals surface area contributed by atoms with E-state index in [1.807, 2.05) is 30.3 Å². The second kappa shape index (κ2) is 5.99. The van der Waals surface area contributed by atoms with Gasteiger partial charge >= 0.3 is 6.09 Å². The number of nitrogens with zero attached hydrogens (tertiary/aromatic N) is 1. The summed E-state index contributed by atoms with van der Waals surface area (Å²) in [6.07, 6.45) is 0.0453. The SMILES string of the molecule is O=C(NCCc1ccccc1)ON1C(=O)CCC1=O. The average molecular weight is 262 g/mol. The molecule has 0 aliphatic carbocycles. The van der Waals surface area contributed by atoms with Crippen LogP contribution in [0.2, 0.25) is 0 Å². The summed E-state index contributed by atoms with van der Waals surface area (Å²) in [7, 11) is 0. The Labute approximate surface area is 110 Å². The van der Waals surface area contributed by atoms with E-state index in [1.54, 1.807) is 0 Å². The van der Waals surface area contributed by atoms with Crippen molar-refractivity contribution in [2.24, 2.45) is 0 Å². The quantitative estimate of drug-likeness (QED) is 0.822. The van der Waals surface area contributed by atoms with Crippen LogP contribution in [0.4, 0.5) is 4.79 Å². The van der Waals surface area contributed by atoms with Crippen molar-refractivity contribution in [3.05, 3.63) is 35.9 Å². The number of carbonyl (C=O) groups is 3. The summed E-state index contributed by atoms with van der Waals surface area (Å²) in [5, 5.41) is 3.02. The van der Waals surface area contributed by atoms with Crippen molar-refractivity contribution in [1.29, 1.82) is 0 Å². The van der Waals surface area contributed by atoms with Crippen molar-refractivity contribution in [3.8, 4) is 0 Å². The van der Waals surface area contributed by atoms with Gasteiger partial charge in [0.15, 0.2) is 0 Å². The first-order chi connectivity index (χ1) is 9.16. The molecular weight excluding hydrogens is 248 g/mol. The van der Waals surface area contributed by atoms with Gasteiger partial charge in [-0.15, -0.1) is 5.06 Å². The lowest BCUT2D eigenvalue weighted by atomic mass is 10.1. The Morgan fingerprint density at radius 2 is 1.79 bits per heavy atom. The molecule has 1 heterocycles. The fourth-order valence-corrected chi connectivity index (χ4v) is 1.73. The van der Waals surface area contributed by atoms with Crippen molar-refractivity contribution >= 4 is 17.9 Å². The van der Waals surface area contributed by atoms with Gasteiger partial charge in [-0.25, -0.2) is 4.79 Å². The van der Waals surface area contributed by atoms with Crippen molar-refractivity contribution < 1.29 is 19.2 Å². The molecule has 1 aromatic rings. The van der Waals surface area contributed by atoms with Crippen LogP contribution in [0.3, 0.4) is 0 Å². The largest absolute Gasteiger partial charge is 0.432 e. The third-order valence-electron chi connectivity index (χ3n) is 2.71.